The van der Waals surface area contributed by atoms with E-state index in [9.17, 15) is 10.1 Å². The van der Waals surface area contributed by atoms with Gasteiger partial charge in [-0.1, -0.05) is 6.07 Å². The summed E-state index contributed by atoms with van der Waals surface area (Å²) in [6.45, 7) is 2.49. The van der Waals surface area contributed by atoms with E-state index in [1.807, 2.05) is 6.07 Å². The van der Waals surface area contributed by atoms with Crippen molar-refractivity contribution in [3.63, 3.8) is 0 Å². The number of aryl methyl sites for hydroxylation is 2. The van der Waals surface area contributed by atoms with Gasteiger partial charge in [-0.25, -0.2) is 4.98 Å². The topological polar surface area (TPSA) is 83.8 Å². The fourth-order valence-electron chi connectivity index (χ4n) is 1.84. The molecule has 0 aliphatic heterocycles. The van der Waals surface area contributed by atoms with E-state index in [0.717, 1.165) is 30.9 Å². The fraction of sp³-hybridized carbons (Fsp3) is 0.308. The average molecular weight is 260 g/mol. The van der Waals surface area contributed by atoms with Crippen molar-refractivity contribution in [3.05, 3.63) is 52.1 Å². The first-order chi connectivity index (χ1) is 9.16. The second-order valence-electron chi connectivity index (χ2n) is 4.32. The number of benzene rings is 1. The molecule has 0 atom stereocenters. The van der Waals surface area contributed by atoms with Crippen molar-refractivity contribution in [1.29, 1.82) is 0 Å². The largest absolute Gasteiger partial charge is 0.385 e. The molecule has 6 nitrogen and oxygen atoms in total. The number of anilines is 1. The molecular weight excluding hydrogens is 244 g/mol. The summed E-state index contributed by atoms with van der Waals surface area (Å²) in [5.41, 5.74) is 1.60. The van der Waals surface area contributed by atoms with E-state index in [2.05, 4.69) is 15.3 Å². The van der Waals surface area contributed by atoms with Gasteiger partial charge in [0.15, 0.2) is 0 Å². The summed E-state index contributed by atoms with van der Waals surface area (Å²) < 4.78 is 0. The molecule has 1 aromatic carbocycles. The molecule has 0 spiro atoms. The Kier molecular flexibility index (Phi) is 4.12. The zero-order valence-electron chi connectivity index (χ0n) is 10.7. The smallest absolute Gasteiger partial charge is 0.274 e. The highest BCUT2D eigenvalue weighted by Crippen LogP contribution is 2.22. The summed E-state index contributed by atoms with van der Waals surface area (Å²) in [4.78, 5) is 17.6. The predicted octanol–water partition coefficient (Wildman–Crippen LogP) is 2.67. The molecule has 19 heavy (non-hydrogen) atoms. The first-order valence-corrected chi connectivity index (χ1v) is 6.14. The van der Waals surface area contributed by atoms with E-state index in [0.29, 0.717) is 5.56 Å². The van der Waals surface area contributed by atoms with Gasteiger partial charge in [0.05, 0.1) is 4.92 Å². The summed E-state index contributed by atoms with van der Waals surface area (Å²) >= 11 is 0. The van der Waals surface area contributed by atoms with E-state index in [1.165, 1.54) is 0 Å². The molecule has 6 heteroatoms. The number of nitrogens with zero attached hydrogens (tertiary/aromatic N) is 2. The molecule has 1 aromatic heterocycles. The van der Waals surface area contributed by atoms with Crippen LogP contribution in [0.2, 0.25) is 0 Å². The van der Waals surface area contributed by atoms with E-state index < -0.39 is 0 Å². The van der Waals surface area contributed by atoms with E-state index in [1.54, 1.807) is 31.5 Å². The number of nitro benzene ring substituents is 1. The number of imidazole rings is 1. The lowest BCUT2D eigenvalue weighted by Crippen LogP contribution is -2.04. The number of aromatic amines is 1. The van der Waals surface area contributed by atoms with Gasteiger partial charge in [0.1, 0.15) is 5.82 Å². The van der Waals surface area contributed by atoms with Crippen LogP contribution in [-0.2, 0) is 6.42 Å². The van der Waals surface area contributed by atoms with Crippen LogP contribution in [0.15, 0.2) is 30.6 Å². The third kappa shape index (κ3) is 3.54. The van der Waals surface area contributed by atoms with Crippen LogP contribution in [0.4, 0.5) is 11.4 Å². The summed E-state index contributed by atoms with van der Waals surface area (Å²) in [5.74, 6) is 0.955. The number of H-pyrrole nitrogens is 1. The molecule has 100 valence electrons. The Balaban J connectivity index is 1.86. The molecular formula is C13H16N4O2. The molecule has 0 saturated carbocycles. The minimum absolute atomic E-state index is 0.149. The number of nitrogens with one attached hydrogen (secondary N) is 2. The van der Waals surface area contributed by atoms with Crippen LogP contribution in [0, 0.1) is 17.0 Å². The zero-order chi connectivity index (χ0) is 13.7. The van der Waals surface area contributed by atoms with E-state index >= 15 is 0 Å². The van der Waals surface area contributed by atoms with Crippen molar-refractivity contribution in [1.82, 2.24) is 9.97 Å². The van der Waals surface area contributed by atoms with Crippen molar-refractivity contribution in [2.75, 3.05) is 11.9 Å². The molecule has 0 amide bonds. The van der Waals surface area contributed by atoms with Crippen molar-refractivity contribution in [2.45, 2.75) is 19.8 Å². The van der Waals surface area contributed by atoms with Crippen molar-refractivity contribution in [3.8, 4) is 0 Å². The molecule has 0 radical (unpaired) electrons. The third-order valence-electron chi connectivity index (χ3n) is 2.88. The molecule has 0 aliphatic rings. The molecule has 0 unspecified atom stereocenters. The Labute approximate surface area is 111 Å². The van der Waals surface area contributed by atoms with E-state index in [-0.39, 0.29) is 10.6 Å². The van der Waals surface area contributed by atoms with Crippen LogP contribution in [0.3, 0.4) is 0 Å². The Morgan fingerprint density at radius 1 is 1.47 bits per heavy atom. The Morgan fingerprint density at radius 2 is 2.32 bits per heavy atom. The van der Waals surface area contributed by atoms with Gasteiger partial charge in [0.2, 0.25) is 0 Å². The first kappa shape index (κ1) is 13.1. The maximum absolute atomic E-state index is 10.8. The number of nitro groups is 1. The van der Waals surface area contributed by atoms with Crippen molar-refractivity contribution < 1.29 is 4.92 Å². The highest BCUT2D eigenvalue weighted by atomic mass is 16.6. The van der Waals surface area contributed by atoms with Gasteiger partial charge in [-0.2, -0.15) is 0 Å². The summed E-state index contributed by atoms with van der Waals surface area (Å²) in [6, 6.07) is 5.18. The monoisotopic (exact) mass is 260 g/mol. The van der Waals surface area contributed by atoms with Crippen LogP contribution >= 0.6 is 0 Å². The normalized spacial score (nSPS) is 10.4. The average Bonchev–Trinajstić information content (AvgIpc) is 2.89. The van der Waals surface area contributed by atoms with Gasteiger partial charge in [-0.15, -0.1) is 0 Å². The maximum atomic E-state index is 10.8. The number of aromatic nitrogens is 2. The SMILES string of the molecule is Cc1ccc(NCCCc2ncc[nH]2)cc1[N+](=O)[O-]. The van der Waals surface area contributed by atoms with Gasteiger partial charge in [-0.05, 0) is 19.4 Å². The first-order valence-electron chi connectivity index (χ1n) is 6.14. The number of rotatable bonds is 6. The lowest BCUT2D eigenvalue weighted by atomic mass is 10.2. The lowest BCUT2D eigenvalue weighted by Gasteiger charge is -2.06. The lowest BCUT2D eigenvalue weighted by molar-refractivity contribution is -0.385. The second-order valence-corrected chi connectivity index (χ2v) is 4.32. The van der Waals surface area contributed by atoms with Crippen LogP contribution in [0.5, 0.6) is 0 Å². The van der Waals surface area contributed by atoms with Gasteiger partial charge in [0.25, 0.3) is 5.69 Å². The molecule has 1 heterocycles. The maximum Gasteiger partial charge on any atom is 0.274 e. The summed E-state index contributed by atoms with van der Waals surface area (Å²) in [7, 11) is 0. The highest BCUT2D eigenvalue weighted by molar-refractivity contribution is 5.54. The highest BCUT2D eigenvalue weighted by Gasteiger charge is 2.10. The predicted molar refractivity (Wildman–Crippen MR) is 73.2 cm³/mol. The van der Waals surface area contributed by atoms with Crippen LogP contribution in [0.25, 0.3) is 0 Å². The number of hydrogen-bond acceptors (Lipinski definition) is 4. The minimum atomic E-state index is -0.358. The molecule has 0 bridgehead atoms. The van der Waals surface area contributed by atoms with E-state index in [4.69, 9.17) is 0 Å². The van der Waals surface area contributed by atoms with Crippen LogP contribution < -0.4 is 5.32 Å². The molecule has 0 fully saturated rings. The van der Waals surface area contributed by atoms with Gasteiger partial charge in [-0.3, -0.25) is 10.1 Å². The second kappa shape index (κ2) is 5.99. The fourth-order valence-corrected chi connectivity index (χ4v) is 1.84. The summed E-state index contributed by atoms with van der Waals surface area (Å²) in [6.07, 6.45) is 5.29. The van der Waals surface area contributed by atoms with Crippen molar-refractivity contribution in [2.24, 2.45) is 0 Å². The standard InChI is InChI=1S/C13H16N4O2/c1-10-4-5-11(9-12(10)17(18)19)14-6-2-3-13-15-7-8-16-13/h4-5,7-9,14H,2-3,6H2,1H3,(H,15,16). The third-order valence-corrected chi connectivity index (χ3v) is 2.88. The Bertz CT molecular complexity index is 552. The van der Waals surface area contributed by atoms with Crippen molar-refractivity contribution >= 4 is 11.4 Å². The molecule has 2 rings (SSSR count). The molecule has 0 saturated heterocycles. The molecule has 0 aliphatic carbocycles. The van der Waals surface area contributed by atoms with Gasteiger partial charge < -0.3 is 10.3 Å². The van der Waals surface area contributed by atoms with Gasteiger partial charge >= 0.3 is 0 Å². The summed E-state index contributed by atoms with van der Waals surface area (Å²) in [5, 5.41) is 14.0. The van der Waals surface area contributed by atoms with Crippen LogP contribution in [-0.4, -0.2) is 21.4 Å². The Hall–Kier alpha value is -2.37. The molecule has 2 aromatic rings. The minimum Gasteiger partial charge on any atom is -0.385 e. The number of hydrogen-bond donors (Lipinski definition) is 2. The molecule has 2 N–H and O–H groups in total. The zero-order valence-corrected chi connectivity index (χ0v) is 10.7. The van der Waals surface area contributed by atoms with Crippen LogP contribution in [0.1, 0.15) is 17.8 Å². The Morgan fingerprint density at radius 3 is 3.00 bits per heavy atom. The van der Waals surface area contributed by atoms with Gasteiger partial charge in [0, 0.05) is 42.7 Å². The quantitative estimate of drug-likeness (QED) is 0.475.